The SMILES string of the molecule is CCN(C(=O)[C@H]1CCCO1)C1CCNCC1. The molecule has 16 heavy (non-hydrogen) atoms. The molecule has 4 nitrogen and oxygen atoms in total. The molecule has 2 heterocycles. The first-order valence-electron chi connectivity index (χ1n) is 6.45. The summed E-state index contributed by atoms with van der Waals surface area (Å²) in [5.74, 6) is 0.215. The van der Waals surface area contributed by atoms with Crippen LogP contribution in [0, 0.1) is 0 Å². The second-order valence-electron chi connectivity index (χ2n) is 4.61. The van der Waals surface area contributed by atoms with Gasteiger partial charge < -0.3 is 15.0 Å². The van der Waals surface area contributed by atoms with E-state index in [-0.39, 0.29) is 12.0 Å². The van der Waals surface area contributed by atoms with Crippen molar-refractivity contribution in [3.8, 4) is 0 Å². The van der Waals surface area contributed by atoms with Gasteiger partial charge in [0.2, 0.25) is 0 Å². The molecule has 0 spiro atoms. The summed E-state index contributed by atoms with van der Waals surface area (Å²) in [6, 6.07) is 0.419. The van der Waals surface area contributed by atoms with Crippen LogP contribution in [-0.4, -0.2) is 49.2 Å². The van der Waals surface area contributed by atoms with Crippen LogP contribution in [-0.2, 0) is 9.53 Å². The lowest BCUT2D eigenvalue weighted by atomic mass is 10.0. The third-order valence-electron chi connectivity index (χ3n) is 3.58. The van der Waals surface area contributed by atoms with Crippen LogP contribution in [0.25, 0.3) is 0 Å². The normalized spacial score (nSPS) is 26.9. The van der Waals surface area contributed by atoms with Gasteiger partial charge in [0, 0.05) is 19.2 Å². The minimum Gasteiger partial charge on any atom is -0.368 e. The highest BCUT2D eigenvalue weighted by molar-refractivity contribution is 5.81. The Morgan fingerprint density at radius 2 is 2.12 bits per heavy atom. The number of nitrogens with zero attached hydrogens (tertiary/aromatic N) is 1. The van der Waals surface area contributed by atoms with Gasteiger partial charge in [-0.15, -0.1) is 0 Å². The molecule has 0 aromatic heterocycles. The monoisotopic (exact) mass is 226 g/mol. The average Bonchev–Trinajstić information content (AvgIpc) is 2.85. The van der Waals surface area contributed by atoms with Gasteiger partial charge >= 0.3 is 0 Å². The van der Waals surface area contributed by atoms with Crippen LogP contribution in [0.2, 0.25) is 0 Å². The number of nitrogens with one attached hydrogen (secondary N) is 1. The second kappa shape index (κ2) is 5.64. The van der Waals surface area contributed by atoms with E-state index in [2.05, 4.69) is 12.2 Å². The summed E-state index contributed by atoms with van der Waals surface area (Å²) in [4.78, 5) is 14.3. The predicted octanol–water partition coefficient (Wildman–Crippen LogP) is 0.766. The molecule has 0 aromatic carbocycles. The number of amides is 1. The first kappa shape index (κ1) is 11.9. The van der Waals surface area contributed by atoms with Gasteiger partial charge in [-0.3, -0.25) is 4.79 Å². The molecular weight excluding hydrogens is 204 g/mol. The fraction of sp³-hybridized carbons (Fsp3) is 0.917. The molecule has 2 fully saturated rings. The number of likely N-dealkylation sites (N-methyl/N-ethyl adjacent to an activating group) is 1. The van der Waals surface area contributed by atoms with Gasteiger partial charge in [0.25, 0.3) is 5.91 Å². The van der Waals surface area contributed by atoms with Crippen molar-refractivity contribution in [1.29, 1.82) is 0 Å². The molecule has 1 N–H and O–H groups in total. The third kappa shape index (κ3) is 2.55. The van der Waals surface area contributed by atoms with Gasteiger partial charge in [0.1, 0.15) is 6.10 Å². The highest BCUT2D eigenvalue weighted by atomic mass is 16.5. The summed E-state index contributed by atoms with van der Waals surface area (Å²) < 4.78 is 5.48. The quantitative estimate of drug-likeness (QED) is 0.772. The van der Waals surface area contributed by atoms with Crippen molar-refractivity contribution in [1.82, 2.24) is 10.2 Å². The van der Waals surface area contributed by atoms with Crippen molar-refractivity contribution in [2.45, 2.75) is 44.8 Å². The van der Waals surface area contributed by atoms with Crippen molar-refractivity contribution in [3.63, 3.8) is 0 Å². The Bertz CT molecular complexity index is 233. The largest absolute Gasteiger partial charge is 0.368 e. The van der Waals surface area contributed by atoms with Gasteiger partial charge in [-0.25, -0.2) is 0 Å². The molecule has 1 amide bonds. The molecule has 0 bridgehead atoms. The van der Waals surface area contributed by atoms with E-state index >= 15 is 0 Å². The Morgan fingerprint density at radius 1 is 1.38 bits per heavy atom. The standard InChI is InChI=1S/C12H22N2O2/c1-2-14(10-5-7-13-8-6-10)12(15)11-4-3-9-16-11/h10-11,13H,2-9H2,1H3/t11-/m1/s1. The second-order valence-corrected chi connectivity index (χ2v) is 4.61. The molecule has 0 radical (unpaired) electrons. The van der Waals surface area contributed by atoms with Gasteiger partial charge in [-0.2, -0.15) is 0 Å². The first-order chi connectivity index (χ1) is 7.83. The Kier molecular flexibility index (Phi) is 4.18. The molecular formula is C12H22N2O2. The summed E-state index contributed by atoms with van der Waals surface area (Å²) in [5, 5.41) is 3.33. The summed E-state index contributed by atoms with van der Waals surface area (Å²) in [5.41, 5.74) is 0. The van der Waals surface area contributed by atoms with E-state index in [1.807, 2.05) is 4.90 Å². The lowest BCUT2D eigenvalue weighted by Gasteiger charge is -2.35. The summed E-state index contributed by atoms with van der Waals surface area (Å²) >= 11 is 0. The Balaban J connectivity index is 1.94. The number of carbonyl (C=O) groups is 1. The molecule has 2 aliphatic heterocycles. The van der Waals surface area contributed by atoms with E-state index in [0.29, 0.717) is 6.04 Å². The number of rotatable bonds is 3. The van der Waals surface area contributed by atoms with E-state index in [0.717, 1.165) is 51.9 Å². The number of ether oxygens (including phenoxy) is 1. The Morgan fingerprint density at radius 3 is 2.69 bits per heavy atom. The zero-order valence-electron chi connectivity index (χ0n) is 10.1. The van der Waals surface area contributed by atoms with Gasteiger partial charge in [-0.1, -0.05) is 0 Å². The van der Waals surface area contributed by atoms with Crippen LogP contribution < -0.4 is 5.32 Å². The molecule has 2 aliphatic rings. The highest BCUT2D eigenvalue weighted by Crippen LogP contribution is 2.19. The van der Waals surface area contributed by atoms with E-state index < -0.39 is 0 Å². The van der Waals surface area contributed by atoms with Gasteiger partial charge in [0.05, 0.1) is 0 Å². The van der Waals surface area contributed by atoms with Crippen LogP contribution in [0.15, 0.2) is 0 Å². The van der Waals surface area contributed by atoms with E-state index in [9.17, 15) is 4.79 Å². The summed E-state index contributed by atoms with van der Waals surface area (Å²) in [6.07, 6.45) is 3.92. The van der Waals surface area contributed by atoms with E-state index in [1.165, 1.54) is 0 Å². The smallest absolute Gasteiger partial charge is 0.251 e. The van der Waals surface area contributed by atoms with E-state index in [4.69, 9.17) is 4.74 Å². The fourth-order valence-corrected chi connectivity index (χ4v) is 2.67. The minimum absolute atomic E-state index is 0.158. The van der Waals surface area contributed by atoms with Gasteiger partial charge in [-0.05, 0) is 45.7 Å². The van der Waals surface area contributed by atoms with Crippen LogP contribution >= 0.6 is 0 Å². The van der Waals surface area contributed by atoms with Crippen LogP contribution in [0.3, 0.4) is 0 Å². The topological polar surface area (TPSA) is 41.6 Å². The average molecular weight is 226 g/mol. The zero-order chi connectivity index (χ0) is 11.4. The zero-order valence-corrected chi connectivity index (χ0v) is 10.1. The number of hydrogen-bond donors (Lipinski definition) is 1. The fourth-order valence-electron chi connectivity index (χ4n) is 2.67. The predicted molar refractivity (Wildman–Crippen MR) is 62.3 cm³/mol. The van der Waals surface area contributed by atoms with E-state index in [1.54, 1.807) is 0 Å². The highest BCUT2D eigenvalue weighted by Gasteiger charge is 2.31. The molecule has 0 aromatic rings. The summed E-state index contributed by atoms with van der Waals surface area (Å²) in [6.45, 7) is 5.68. The first-order valence-corrected chi connectivity index (χ1v) is 6.45. The molecule has 2 saturated heterocycles. The molecule has 2 rings (SSSR count). The number of piperidine rings is 1. The maximum Gasteiger partial charge on any atom is 0.251 e. The van der Waals surface area contributed by atoms with Gasteiger partial charge in [0.15, 0.2) is 0 Å². The Hall–Kier alpha value is -0.610. The van der Waals surface area contributed by atoms with Crippen LogP contribution in [0.5, 0.6) is 0 Å². The van der Waals surface area contributed by atoms with Crippen molar-refractivity contribution in [2.24, 2.45) is 0 Å². The van der Waals surface area contributed by atoms with Crippen molar-refractivity contribution < 1.29 is 9.53 Å². The maximum absolute atomic E-state index is 12.3. The third-order valence-corrected chi connectivity index (χ3v) is 3.58. The maximum atomic E-state index is 12.3. The van der Waals surface area contributed by atoms with Crippen molar-refractivity contribution in [2.75, 3.05) is 26.2 Å². The Labute approximate surface area is 97.3 Å². The molecule has 92 valence electrons. The molecule has 4 heteroatoms. The number of carbonyl (C=O) groups excluding carboxylic acids is 1. The molecule has 0 unspecified atom stereocenters. The lowest BCUT2D eigenvalue weighted by Crippen LogP contribution is -2.49. The van der Waals surface area contributed by atoms with Crippen molar-refractivity contribution >= 4 is 5.91 Å². The molecule has 1 atom stereocenters. The molecule has 0 saturated carbocycles. The molecule has 0 aliphatic carbocycles. The minimum atomic E-state index is -0.158. The van der Waals surface area contributed by atoms with Crippen molar-refractivity contribution in [3.05, 3.63) is 0 Å². The van der Waals surface area contributed by atoms with Crippen LogP contribution in [0.1, 0.15) is 32.6 Å². The number of hydrogen-bond acceptors (Lipinski definition) is 3. The lowest BCUT2D eigenvalue weighted by molar-refractivity contribution is -0.143. The summed E-state index contributed by atoms with van der Waals surface area (Å²) in [7, 11) is 0. The van der Waals surface area contributed by atoms with Crippen LogP contribution in [0.4, 0.5) is 0 Å².